The maximum absolute atomic E-state index is 14.4. The predicted octanol–water partition coefficient (Wildman–Crippen LogP) is 4.75. The highest BCUT2D eigenvalue weighted by molar-refractivity contribution is 7.92. The van der Waals surface area contributed by atoms with E-state index in [1.54, 1.807) is 41.0 Å². The molecule has 1 aromatic carbocycles. The maximum atomic E-state index is 14.4. The lowest BCUT2D eigenvalue weighted by Crippen LogP contribution is -2.40. The number of hydrogen-bond acceptors (Lipinski definition) is 10. The van der Waals surface area contributed by atoms with Crippen LogP contribution in [0.1, 0.15) is 11.8 Å². The minimum absolute atomic E-state index is 0.00703. The van der Waals surface area contributed by atoms with Gasteiger partial charge in [-0.3, -0.25) is 9.55 Å². The Kier molecular flexibility index (Phi) is 10.2. The smallest absolute Gasteiger partial charge is 0.246 e. The summed E-state index contributed by atoms with van der Waals surface area (Å²) < 4.78 is 67.5. The van der Waals surface area contributed by atoms with Crippen LogP contribution >= 0.6 is 0 Å². The Bertz CT molecular complexity index is 1660. The number of benzene rings is 1. The lowest BCUT2D eigenvalue weighted by atomic mass is 10.2. The second-order valence-corrected chi connectivity index (χ2v) is 18.6. The first-order valence-corrected chi connectivity index (χ1v) is 19.1. The van der Waals surface area contributed by atoms with Gasteiger partial charge in [-0.25, -0.2) is 22.1 Å². The molecule has 15 heteroatoms. The summed E-state index contributed by atoms with van der Waals surface area (Å²) in [5, 5.41) is 8.88. The number of halogens is 1. The van der Waals surface area contributed by atoms with E-state index in [1.165, 1.54) is 44.9 Å². The fourth-order valence-electron chi connectivity index (χ4n) is 4.45. The number of para-hydroxylation sites is 1. The summed E-state index contributed by atoms with van der Waals surface area (Å²) in [5.74, 6) is 0.330. The molecule has 0 aliphatic carbocycles. The van der Waals surface area contributed by atoms with Gasteiger partial charge >= 0.3 is 0 Å². The third kappa shape index (κ3) is 7.34. The van der Waals surface area contributed by atoms with Crippen molar-refractivity contribution in [1.29, 1.82) is 0 Å². The summed E-state index contributed by atoms with van der Waals surface area (Å²) in [7, 11) is -0.0626. The number of hydrogen-bond donors (Lipinski definition) is 0. The molecule has 0 bridgehead atoms. The Balaban J connectivity index is 1.97. The van der Waals surface area contributed by atoms with Crippen molar-refractivity contribution in [2.24, 2.45) is 0 Å². The molecule has 0 saturated heterocycles. The van der Waals surface area contributed by atoms with Crippen LogP contribution < -0.4 is 18.5 Å². The van der Waals surface area contributed by atoms with Gasteiger partial charge in [0.15, 0.2) is 5.82 Å². The van der Waals surface area contributed by atoms with Crippen LogP contribution in [0.3, 0.4) is 0 Å². The zero-order chi connectivity index (χ0) is 32.1. The molecule has 3 aromatic heterocycles. The van der Waals surface area contributed by atoms with Crippen LogP contribution in [0.5, 0.6) is 17.4 Å². The lowest BCUT2D eigenvalue weighted by Gasteiger charge is -2.28. The van der Waals surface area contributed by atoms with Crippen LogP contribution in [0, 0.1) is 5.82 Å². The number of pyridine rings is 2. The molecule has 3 heterocycles. The van der Waals surface area contributed by atoms with E-state index in [1.807, 2.05) is 0 Å². The van der Waals surface area contributed by atoms with Gasteiger partial charge in [-0.15, -0.1) is 10.2 Å². The van der Waals surface area contributed by atoms with E-state index < -0.39 is 35.8 Å². The fourth-order valence-corrected chi connectivity index (χ4v) is 7.11. The van der Waals surface area contributed by atoms with Gasteiger partial charge in [0, 0.05) is 27.8 Å². The normalized spacial score (nSPS) is 12.5. The SMILES string of the molecule is COc1cccc(-c2nnc(N(CC[Si](C)(C)C)S(=O)(=O)C[C@@H](OC)c3ccc(F)cn3)n2-c2c(OC)cccc2OC)n1. The van der Waals surface area contributed by atoms with Crippen molar-refractivity contribution >= 4 is 24.0 Å². The molecule has 0 amide bonds. The summed E-state index contributed by atoms with van der Waals surface area (Å²) in [5.41, 5.74) is 1.04. The van der Waals surface area contributed by atoms with Crippen molar-refractivity contribution in [1.82, 2.24) is 24.7 Å². The van der Waals surface area contributed by atoms with Gasteiger partial charge < -0.3 is 18.9 Å². The Hall–Kier alpha value is -4.08. The summed E-state index contributed by atoms with van der Waals surface area (Å²) in [6, 6.07) is 13.6. The number of ether oxygens (including phenoxy) is 4. The van der Waals surface area contributed by atoms with E-state index in [0.717, 1.165) is 6.20 Å². The van der Waals surface area contributed by atoms with Crippen LogP contribution in [0.15, 0.2) is 54.7 Å². The first-order valence-electron chi connectivity index (χ1n) is 13.7. The molecular formula is C29H37FN6O6SSi. The summed E-state index contributed by atoms with van der Waals surface area (Å²) in [6.45, 7) is 6.57. The van der Waals surface area contributed by atoms with Gasteiger partial charge in [0.2, 0.25) is 21.9 Å². The van der Waals surface area contributed by atoms with E-state index in [2.05, 4.69) is 39.8 Å². The molecule has 0 radical (unpaired) electrons. The molecule has 0 aliphatic rings. The van der Waals surface area contributed by atoms with Crippen molar-refractivity contribution in [2.45, 2.75) is 31.8 Å². The first-order chi connectivity index (χ1) is 20.9. The molecule has 236 valence electrons. The number of nitrogens with zero attached hydrogens (tertiary/aromatic N) is 6. The molecule has 0 aliphatic heterocycles. The quantitative estimate of drug-likeness (QED) is 0.177. The van der Waals surface area contributed by atoms with Crippen LogP contribution in [-0.2, 0) is 14.8 Å². The minimum atomic E-state index is -4.17. The van der Waals surface area contributed by atoms with Crippen molar-refractivity contribution in [3.05, 3.63) is 66.2 Å². The van der Waals surface area contributed by atoms with Crippen molar-refractivity contribution in [2.75, 3.05) is 45.0 Å². The third-order valence-corrected chi connectivity index (χ3v) is 10.2. The molecule has 4 aromatic rings. The average molecular weight is 645 g/mol. The Morgan fingerprint density at radius 1 is 0.932 bits per heavy atom. The zero-order valence-corrected chi connectivity index (χ0v) is 27.6. The second-order valence-electron chi connectivity index (χ2n) is 11.0. The molecule has 0 fully saturated rings. The molecule has 44 heavy (non-hydrogen) atoms. The average Bonchev–Trinajstić information content (AvgIpc) is 3.43. The highest BCUT2D eigenvalue weighted by Crippen LogP contribution is 2.39. The molecule has 0 unspecified atom stereocenters. The van der Waals surface area contributed by atoms with Gasteiger partial charge in [0.1, 0.15) is 40.6 Å². The zero-order valence-electron chi connectivity index (χ0n) is 25.8. The van der Waals surface area contributed by atoms with Crippen LogP contribution in [0.2, 0.25) is 25.7 Å². The van der Waals surface area contributed by atoms with Crippen molar-refractivity contribution < 1.29 is 31.8 Å². The topological polar surface area (TPSA) is 131 Å². The van der Waals surface area contributed by atoms with E-state index >= 15 is 0 Å². The number of aromatic nitrogens is 5. The highest BCUT2D eigenvalue weighted by atomic mass is 32.2. The lowest BCUT2D eigenvalue weighted by molar-refractivity contribution is 0.118. The number of methoxy groups -OCH3 is 4. The highest BCUT2D eigenvalue weighted by Gasteiger charge is 2.35. The maximum Gasteiger partial charge on any atom is 0.246 e. The van der Waals surface area contributed by atoms with Crippen molar-refractivity contribution in [3.63, 3.8) is 0 Å². The second kappa shape index (κ2) is 13.7. The van der Waals surface area contributed by atoms with Crippen molar-refractivity contribution in [3.8, 4) is 34.6 Å². The summed E-state index contributed by atoms with van der Waals surface area (Å²) >= 11 is 0. The number of anilines is 1. The van der Waals surface area contributed by atoms with Gasteiger partial charge in [-0.2, -0.15) is 0 Å². The number of rotatable bonds is 14. The van der Waals surface area contributed by atoms with E-state index in [0.29, 0.717) is 34.8 Å². The molecule has 0 N–H and O–H groups in total. The summed E-state index contributed by atoms with van der Waals surface area (Å²) in [4.78, 5) is 8.60. The first kappa shape index (κ1) is 32.8. The Morgan fingerprint density at radius 3 is 2.18 bits per heavy atom. The van der Waals surface area contributed by atoms with Gasteiger partial charge in [-0.05, 0) is 36.4 Å². The molecule has 0 saturated carbocycles. The van der Waals surface area contributed by atoms with E-state index in [-0.39, 0.29) is 24.0 Å². The van der Waals surface area contributed by atoms with Gasteiger partial charge in [0.05, 0.1) is 33.2 Å². The van der Waals surface area contributed by atoms with Gasteiger partial charge in [0.25, 0.3) is 0 Å². The summed E-state index contributed by atoms with van der Waals surface area (Å²) in [6.07, 6.45) is 0.0428. The molecule has 0 spiro atoms. The monoisotopic (exact) mass is 644 g/mol. The number of sulfonamides is 1. The van der Waals surface area contributed by atoms with Crippen LogP contribution in [-0.4, -0.2) is 82.0 Å². The predicted molar refractivity (Wildman–Crippen MR) is 167 cm³/mol. The third-order valence-electron chi connectivity index (χ3n) is 6.78. The Morgan fingerprint density at radius 2 is 1.61 bits per heavy atom. The van der Waals surface area contributed by atoms with Crippen LogP contribution in [0.4, 0.5) is 10.3 Å². The standard InChI is InChI=1S/C29H37FN6O6SSi/c1-39-23-11-9-12-24(40-2)27(23)36-28(22-10-8-13-26(32-22)42-4)33-34-29(36)35(16-17-44(5,6)7)43(37,38)19-25(41-3)21-15-14-20(30)18-31-21/h8-15,18,25H,16-17,19H2,1-7H3/t25-/m1/s1. The molecular weight excluding hydrogens is 608 g/mol. The largest absolute Gasteiger partial charge is 0.494 e. The van der Waals surface area contributed by atoms with Crippen LogP contribution in [0.25, 0.3) is 17.2 Å². The fraction of sp³-hybridized carbons (Fsp3) is 0.379. The molecule has 1 atom stereocenters. The van der Waals surface area contributed by atoms with Gasteiger partial charge in [-0.1, -0.05) is 31.8 Å². The minimum Gasteiger partial charge on any atom is -0.494 e. The molecule has 12 nitrogen and oxygen atoms in total. The van der Waals surface area contributed by atoms with E-state index in [4.69, 9.17) is 18.9 Å². The molecule has 4 rings (SSSR count). The van der Waals surface area contributed by atoms with E-state index in [9.17, 15) is 12.8 Å². The Labute approximate surface area is 257 Å².